The van der Waals surface area contributed by atoms with E-state index in [1.54, 1.807) is 19.2 Å². The molecule has 0 heterocycles. The van der Waals surface area contributed by atoms with Crippen LogP contribution in [0.1, 0.15) is 56.1 Å². The standard InChI is InChI=1S/C23H28Cl2FNO2/c1-28-22-11-17(14-27-19-7-5-3-2-4-6-8-19)21(25)13-23(22)29-15-16-9-10-18(26)12-20(16)24/h9-13,19,27H,2-8,14-15H2,1H3. The smallest absolute Gasteiger partial charge is 0.163 e. The first-order chi connectivity index (χ1) is 14.1. The van der Waals surface area contributed by atoms with E-state index < -0.39 is 0 Å². The van der Waals surface area contributed by atoms with Crippen LogP contribution < -0.4 is 14.8 Å². The van der Waals surface area contributed by atoms with Gasteiger partial charge < -0.3 is 14.8 Å². The number of halogens is 3. The molecule has 1 saturated carbocycles. The van der Waals surface area contributed by atoms with Crippen molar-refractivity contribution in [2.45, 2.75) is 64.1 Å². The molecule has 2 aromatic rings. The molecular formula is C23H28Cl2FNO2. The zero-order valence-corrected chi connectivity index (χ0v) is 18.3. The van der Waals surface area contributed by atoms with Gasteiger partial charge in [-0.3, -0.25) is 0 Å². The summed E-state index contributed by atoms with van der Waals surface area (Å²) in [5, 5.41) is 4.61. The molecule has 0 aliphatic heterocycles. The fraction of sp³-hybridized carbons (Fsp3) is 0.478. The summed E-state index contributed by atoms with van der Waals surface area (Å²) in [4.78, 5) is 0. The molecule has 1 aliphatic rings. The molecule has 29 heavy (non-hydrogen) atoms. The van der Waals surface area contributed by atoms with Gasteiger partial charge in [0.25, 0.3) is 0 Å². The van der Waals surface area contributed by atoms with E-state index in [4.69, 9.17) is 32.7 Å². The van der Waals surface area contributed by atoms with Crippen LogP contribution >= 0.6 is 23.2 Å². The highest BCUT2D eigenvalue weighted by Crippen LogP contribution is 2.34. The molecule has 0 unspecified atom stereocenters. The van der Waals surface area contributed by atoms with Gasteiger partial charge in [-0.1, -0.05) is 61.4 Å². The number of hydrogen-bond acceptors (Lipinski definition) is 3. The van der Waals surface area contributed by atoms with Gasteiger partial charge in [0, 0.05) is 29.2 Å². The van der Waals surface area contributed by atoms with E-state index in [9.17, 15) is 4.39 Å². The summed E-state index contributed by atoms with van der Waals surface area (Å²) in [5.74, 6) is 0.773. The van der Waals surface area contributed by atoms with Gasteiger partial charge in [-0.05, 0) is 36.6 Å². The first kappa shape index (κ1) is 22.2. The molecule has 0 bridgehead atoms. The molecule has 1 N–H and O–H groups in total. The van der Waals surface area contributed by atoms with E-state index in [1.165, 1.54) is 57.1 Å². The Morgan fingerprint density at radius 3 is 2.31 bits per heavy atom. The van der Waals surface area contributed by atoms with Crippen LogP contribution in [0, 0.1) is 5.82 Å². The van der Waals surface area contributed by atoms with Gasteiger partial charge in [-0.25, -0.2) is 4.39 Å². The highest BCUT2D eigenvalue weighted by molar-refractivity contribution is 6.31. The van der Waals surface area contributed by atoms with Crippen molar-refractivity contribution in [1.82, 2.24) is 5.32 Å². The SMILES string of the molecule is COc1cc(CNC2CCCCCCC2)c(Cl)cc1OCc1ccc(F)cc1Cl. The Labute approximate surface area is 182 Å². The minimum Gasteiger partial charge on any atom is -0.493 e. The highest BCUT2D eigenvalue weighted by Gasteiger charge is 2.15. The van der Waals surface area contributed by atoms with Gasteiger partial charge in [0.2, 0.25) is 0 Å². The average Bonchev–Trinajstić information content (AvgIpc) is 2.67. The third kappa shape index (κ3) is 6.50. The first-order valence-corrected chi connectivity index (χ1v) is 11.0. The number of rotatable bonds is 7. The summed E-state index contributed by atoms with van der Waals surface area (Å²) in [7, 11) is 1.60. The van der Waals surface area contributed by atoms with Crippen LogP contribution in [0.5, 0.6) is 11.5 Å². The van der Waals surface area contributed by atoms with Gasteiger partial charge >= 0.3 is 0 Å². The van der Waals surface area contributed by atoms with Gasteiger partial charge in [-0.2, -0.15) is 0 Å². The number of hydrogen-bond donors (Lipinski definition) is 1. The van der Waals surface area contributed by atoms with Gasteiger partial charge in [-0.15, -0.1) is 0 Å². The van der Waals surface area contributed by atoms with E-state index >= 15 is 0 Å². The lowest BCUT2D eigenvalue weighted by Crippen LogP contribution is -2.29. The fourth-order valence-corrected chi connectivity index (χ4v) is 4.14. The maximum Gasteiger partial charge on any atom is 0.163 e. The molecule has 1 aliphatic carbocycles. The van der Waals surface area contributed by atoms with Crippen LogP contribution in [-0.4, -0.2) is 13.2 Å². The van der Waals surface area contributed by atoms with Gasteiger partial charge in [0.15, 0.2) is 11.5 Å². The van der Waals surface area contributed by atoms with E-state index in [2.05, 4.69) is 5.32 Å². The molecule has 0 atom stereocenters. The molecule has 1 fully saturated rings. The molecule has 3 nitrogen and oxygen atoms in total. The Bertz CT molecular complexity index is 808. The second kappa shape index (κ2) is 11.1. The highest BCUT2D eigenvalue weighted by atomic mass is 35.5. The maximum absolute atomic E-state index is 13.2. The van der Waals surface area contributed by atoms with Crippen LogP contribution in [0.3, 0.4) is 0 Å². The Kier molecular flexibility index (Phi) is 8.46. The minimum absolute atomic E-state index is 0.200. The molecule has 2 aromatic carbocycles. The lowest BCUT2D eigenvalue weighted by atomic mass is 9.96. The average molecular weight is 440 g/mol. The van der Waals surface area contributed by atoms with Crippen molar-refractivity contribution in [3.8, 4) is 11.5 Å². The Morgan fingerprint density at radius 1 is 0.931 bits per heavy atom. The van der Waals surface area contributed by atoms with Crippen molar-refractivity contribution in [3.63, 3.8) is 0 Å². The third-order valence-corrected chi connectivity index (χ3v) is 6.12. The summed E-state index contributed by atoms with van der Waals surface area (Å²) in [6.07, 6.45) is 9.03. The molecule has 158 valence electrons. The number of methoxy groups -OCH3 is 1. The summed E-state index contributed by atoms with van der Waals surface area (Å²) in [5.41, 5.74) is 1.68. The predicted molar refractivity (Wildman–Crippen MR) is 117 cm³/mol. The minimum atomic E-state index is -0.375. The fourth-order valence-electron chi connectivity index (χ4n) is 3.69. The van der Waals surface area contributed by atoms with Crippen molar-refractivity contribution < 1.29 is 13.9 Å². The molecule has 6 heteroatoms. The molecular weight excluding hydrogens is 412 g/mol. The summed E-state index contributed by atoms with van der Waals surface area (Å²) < 4.78 is 24.6. The molecule has 3 rings (SSSR count). The van der Waals surface area contributed by atoms with Crippen LogP contribution in [0.4, 0.5) is 4.39 Å². The van der Waals surface area contributed by atoms with E-state index in [1.807, 2.05) is 6.07 Å². The largest absolute Gasteiger partial charge is 0.493 e. The maximum atomic E-state index is 13.2. The van der Waals surface area contributed by atoms with Crippen LogP contribution in [0.15, 0.2) is 30.3 Å². The zero-order chi connectivity index (χ0) is 20.6. The van der Waals surface area contributed by atoms with Crippen molar-refractivity contribution in [1.29, 1.82) is 0 Å². The molecule has 0 radical (unpaired) electrons. The Hall–Kier alpha value is -1.49. The van der Waals surface area contributed by atoms with Crippen LogP contribution in [-0.2, 0) is 13.2 Å². The monoisotopic (exact) mass is 439 g/mol. The van der Waals surface area contributed by atoms with Crippen LogP contribution in [0.25, 0.3) is 0 Å². The number of nitrogens with one attached hydrogen (secondary N) is 1. The third-order valence-electron chi connectivity index (χ3n) is 5.42. The van der Waals surface area contributed by atoms with Crippen molar-refractivity contribution in [3.05, 3.63) is 57.3 Å². The summed E-state index contributed by atoms with van der Waals surface area (Å²) in [6, 6.07) is 8.47. The quantitative estimate of drug-likeness (QED) is 0.507. The Morgan fingerprint density at radius 2 is 1.62 bits per heavy atom. The van der Waals surface area contributed by atoms with Crippen LogP contribution in [0.2, 0.25) is 10.0 Å². The normalized spacial score (nSPS) is 15.6. The molecule has 0 spiro atoms. The second-order valence-electron chi connectivity index (χ2n) is 7.54. The molecule has 0 aromatic heterocycles. The van der Waals surface area contributed by atoms with Crippen molar-refractivity contribution >= 4 is 23.2 Å². The van der Waals surface area contributed by atoms with E-state index in [-0.39, 0.29) is 12.4 Å². The van der Waals surface area contributed by atoms with Gasteiger partial charge in [0.1, 0.15) is 12.4 Å². The lowest BCUT2D eigenvalue weighted by molar-refractivity contribution is 0.284. The van der Waals surface area contributed by atoms with E-state index in [0.717, 1.165) is 5.56 Å². The molecule has 0 saturated heterocycles. The first-order valence-electron chi connectivity index (χ1n) is 10.2. The second-order valence-corrected chi connectivity index (χ2v) is 8.36. The lowest BCUT2D eigenvalue weighted by Gasteiger charge is -2.22. The molecule has 0 amide bonds. The predicted octanol–water partition coefficient (Wildman–Crippen LogP) is 6.92. The van der Waals surface area contributed by atoms with Gasteiger partial charge in [0.05, 0.1) is 12.1 Å². The van der Waals surface area contributed by atoms with E-state index in [0.29, 0.717) is 39.7 Å². The summed E-state index contributed by atoms with van der Waals surface area (Å²) >= 11 is 12.6. The summed E-state index contributed by atoms with van der Waals surface area (Å²) in [6.45, 7) is 0.898. The van der Waals surface area contributed by atoms with Crippen molar-refractivity contribution in [2.24, 2.45) is 0 Å². The topological polar surface area (TPSA) is 30.5 Å². The Balaban J connectivity index is 1.64. The number of benzene rings is 2. The zero-order valence-electron chi connectivity index (χ0n) is 16.8. The number of ether oxygens (including phenoxy) is 2. The van der Waals surface area contributed by atoms with Crippen molar-refractivity contribution in [2.75, 3.05) is 7.11 Å².